The van der Waals surface area contributed by atoms with Gasteiger partial charge in [0, 0.05) is 17.5 Å². The first-order chi connectivity index (χ1) is 12.1. The third-order valence-corrected chi connectivity index (χ3v) is 5.18. The van der Waals surface area contributed by atoms with Crippen molar-refractivity contribution in [3.05, 3.63) is 23.9 Å². The molecule has 1 aromatic heterocycles. The van der Waals surface area contributed by atoms with Crippen LogP contribution in [0.25, 0.3) is 10.9 Å². The first-order valence-electron chi connectivity index (χ1n) is 8.51. The van der Waals surface area contributed by atoms with Gasteiger partial charge in [0.15, 0.2) is 5.69 Å². The molecule has 2 aliphatic rings. The predicted octanol–water partition coefficient (Wildman–Crippen LogP) is 0.560. The van der Waals surface area contributed by atoms with E-state index in [1.807, 2.05) is 0 Å². The molecule has 0 saturated carbocycles. The SMILES string of the molecule is Nc1ccc2c(C(=O)NCC3CC4(CCNCC4)C(=O)O3)n[nH]c2c1. The third kappa shape index (κ3) is 2.82. The summed E-state index contributed by atoms with van der Waals surface area (Å²) in [5.41, 5.74) is 6.99. The third-order valence-electron chi connectivity index (χ3n) is 5.18. The number of nitrogens with one attached hydrogen (secondary N) is 3. The molecule has 1 amide bonds. The zero-order valence-electron chi connectivity index (χ0n) is 13.8. The van der Waals surface area contributed by atoms with Gasteiger partial charge in [0.1, 0.15) is 6.10 Å². The standard InChI is InChI=1S/C17H21N5O3/c18-10-1-2-12-13(7-10)21-22-14(12)15(23)20-9-11-8-17(16(24)25-11)3-5-19-6-4-17/h1-2,7,11,19H,3-6,8-9,18H2,(H,20,23)(H,21,22). The van der Waals surface area contributed by atoms with E-state index < -0.39 is 0 Å². The predicted molar refractivity (Wildman–Crippen MR) is 91.9 cm³/mol. The number of piperidine rings is 1. The Morgan fingerprint density at radius 1 is 1.40 bits per heavy atom. The monoisotopic (exact) mass is 343 g/mol. The van der Waals surface area contributed by atoms with E-state index in [4.69, 9.17) is 10.5 Å². The van der Waals surface area contributed by atoms with Gasteiger partial charge in [-0.1, -0.05) is 0 Å². The summed E-state index contributed by atoms with van der Waals surface area (Å²) in [5.74, 6) is -0.424. The van der Waals surface area contributed by atoms with Crippen LogP contribution in [0.5, 0.6) is 0 Å². The van der Waals surface area contributed by atoms with Crippen LogP contribution in [0, 0.1) is 5.41 Å². The number of nitrogens with zero attached hydrogens (tertiary/aromatic N) is 1. The first-order valence-corrected chi connectivity index (χ1v) is 8.51. The lowest BCUT2D eigenvalue weighted by atomic mass is 9.76. The molecule has 2 aliphatic heterocycles. The molecule has 5 N–H and O–H groups in total. The van der Waals surface area contributed by atoms with Gasteiger partial charge in [-0.25, -0.2) is 0 Å². The average molecular weight is 343 g/mol. The number of nitrogens with two attached hydrogens (primary N) is 1. The highest BCUT2D eigenvalue weighted by atomic mass is 16.6. The smallest absolute Gasteiger partial charge is 0.312 e. The molecule has 1 spiro atoms. The minimum absolute atomic E-state index is 0.131. The fourth-order valence-electron chi connectivity index (χ4n) is 3.77. The molecule has 2 fully saturated rings. The van der Waals surface area contributed by atoms with Gasteiger partial charge in [-0.3, -0.25) is 14.7 Å². The van der Waals surface area contributed by atoms with Crippen molar-refractivity contribution in [3.63, 3.8) is 0 Å². The van der Waals surface area contributed by atoms with Gasteiger partial charge in [-0.15, -0.1) is 0 Å². The van der Waals surface area contributed by atoms with Gasteiger partial charge in [0.05, 0.1) is 17.5 Å². The van der Waals surface area contributed by atoms with E-state index in [9.17, 15) is 9.59 Å². The van der Waals surface area contributed by atoms with E-state index in [-0.39, 0.29) is 23.4 Å². The highest BCUT2D eigenvalue weighted by Crippen LogP contribution is 2.41. The second-order valence-corrected chi connectivity index (χ2v) is 6.85. The van der Waals surface area contributed by atoms with Crippen molar-refractivity contribution in [2.45, 2.75) is 25.4 Å². The minimum atomic E-state index is -0.378. The maximum absolute atomic E-state index is 12.4. The number of anilines is 1. The summed E-state index contributed by atoms with van der Waals surface area (Å²) in [5, 5.41) is 13.7. The number of carbonyl (C=O) groups excluding carboxylic acids is 2. The Bertz CT molecular complexity index is 825. The number of benzene rings is 1. The summed E-state index contributed by atoms with van der Waals surface area (Å²) in [6, 6.07) is 5.23. The number of nitrogen functional groups attached to an aromatic ring is 1. The van der Waals surface area contributed by atoms with Crippen LogP contribution in [-0.4, -0.2) is 47.8 Å². The molecule has 132 valence electrons. The van der Waals surface area contributed by atoms with Gasteiger partial charge in [0.25, 0.3) is 5.91 Å². The van der Waals surface area contributed by atoms with E-state index in [2.05, 4.69) is 20.8 Å². The van der Waals surface area contributed by atoms with Crippen molar-refractivity contribution in [2.24, 2.45) is 5.41 Å². The molecule has 25 heavy (non-hydrogen) atoms. The van der Waals surface area contributed by atoms with Crippen LogP contribution in [0.4, 0.5) is 5.69 Å². The van der Waals surface area contributed by atoms with Gasteiger partial charge >= 0.3 is 5.97 Å². The van der Waals surface area contributed by atoms with Gasteiger partial charge in [0.2, 0.25) is 0 Å². The summed E-state index contributed by atoms with van der Waals surface area (Å²) < 4.78 is 5.50. The molecule has 4 rings (SSSR count). The summed E-state index contributed by atoms with van der Waals surface area (Å²) in [4.78, 5) is 24.7. The number of aromatic amines is 1. The summed E-state index contributed by atoms with van der Waals surface area (Å²) in [6.45, 7) is 1.95. The molecule has 3 heterocycles. The molecule has 8 heteroatoms. The number of H-pyrrole nitrogens is 1. The van der Waals surface area contributed by atoms with Crippen LogP contribution in [0.2, 0.25) is 0 Å². The number of hydrogen-bond donors (Lipinski definition) is 4. The number of cyclic esters (lactones) is 1. The molecule has 1 atom stereocenters. The van der Waals surface area contributed by atoms with Gasteiger partial charge in [-0.2, -0.15) is 5.10 Å². The Kier molecular flexibility index (Phi) is 3.84. The number of esters is 1. The van der Waals surface area contributed by atoms with Crippen LogP contribution in [0.3, 0.4) is 0 Å². The van der Waals surface area contributed by atoms with Crippen LogP contribution >= 0.6 is 0 Å². The largest absolute Gasteiger partial charge is 0.460 e. The summed E-state index contributed by atoms with van der Waals surface area (Å²) in [7, 11) is 0. The number of ether oxygens (including phenoxy) is 1. The van der Waals surface area contributed by atoms with Crippen molar-refractivity contribution in [2.75, 3.05) is 25.4 Å². The Morgan fingerprint density at radius 2 is 2.20 bits per heavy atom. The van der Waals surface area contributed by atoms with Crippen molar-refractivity contribution in [3.8, 4) is 0 Å². The highest BCUT2D eigenvalue weighted by Gasteiger charge is 2.49. The first kappa shape index (κ1) is 15.9. The Hall–Kier alpha value is -2.61. The summed E-state index contributed by atoms with van der Waals surface area (Å²) in [6.07, 6.45) is 1.96. The molecular formula is C17H21N5O3. The number of amides is 1. The van der Waals surface area contributed by atoms with Crippen LogP contribution in [-0.2, 0) is 9.53 Å². The van der Waals surface area contributed by atoms with Crippen molar-refractivity contribution in [1.29, 1.82) is 0 Å². The van der Waals surface area contributed by atoms with Gasteiger partial charge < -0.3 is 21.1 Å². The van der Waals surface area contributed by atoms with E-state index in [0.29, 0.717) is 35.2 Å². The molecule has 1 unspecified atom stereocenters. The van der Waals surface area contributed by atoms with E-state index >= 15 is 0 Å². The van der Waals surface area contributed by atoms with E-state index in [1.54, 1.807) is 18.2 Å². The molecular weight excluding hydrogens is 322 g/mol. The lowest BCUT2D eigenvalue weighted by Gasteiger charge is -2.29. The zero-order valence-corrected chi connectivity index (χ0v) is 13.8. The molecule has 8 nitrogen and oxygen atoms in total. The Balaban J connectivity index is 1.41. The van der Waals surface area contributed by atoms with Crippen LogP contribution in [0.1, 0.15) is 29.8 Å². The van der Waals surface area contributed by atoms with Crippen molar-refractivity contribution < 1.29 is 14.3 Å². The van der Waals surface area contributed by atoms with Crippen LogP contribution < -0.4 is 16.4 Å². The zero-order chi connectivity index (χ0) is 17.4. The van der Waals surface area contributed by atoms with E-state index in [0.717, 1.165) is 25.9 Å². The molecule has 0 radical (unpaired) electrons. The second kappa shape index (κ2) is 6.03. The van der Waals surface area contributed by atoms with Gasteiger partial charge in [-0.05, 0) is 44.1 Å². The quantitative estimate of drug-likeness (QED) is 0.477. The number of fused-ring (bicyclic) bond motifs is 1. The Labute approximate surface area is 144 Å². The molecule has 0 bridgehead atoms. The lowest BCUT2D eigenvalue weighted by Crippen LogP contribution is -2.39. The maximum atomic E-state index is 12.4. The molecule has 0 aliphatic carbocycles. The number of carbonyl (C=O) groups is 2. The number of hydrogen-bond acceptors (Lipinski definition) is 6. The normalized spacial score (nSPS) is 22.2. The second-order valence-electron chi connectivity index (χ2n) is 6.85. The van der Waals surface area contributed by atoms with Crippen LogP contribution in [0.15, 0.2) is 18.2 Å². The molecule has 2 aromatic rings. The molecule has 2 saturated heterocycles. The van der Waals surface area contributed by atoms with Crippen molar-refractivity contribution in [1.82, 2.24) is 20.8 Å². The topological polar surface area (TPSA) is 122 Å². The van der Waals surface area contributed by atoms with E-state index in [1.165, 1.54) is 0 Å². The fourth-order valence-corrected chi connectivity index (χ4v) is 3.77. The maximum Gasteiger partial charge on any atom is 0.312 e. The Morgan fingerprint density at radius 3 is 3.00 bits per heavy atom. The fraction of sp³-hybridized carbons (Fsp3) is 0.471. The summed E-state index contributed by atoms with van der Waals surface area (Å²) >= 11 is 0. The number of aromatic nitrogens is 2. The highest BCUT2D eigenvalue weighted by molar-refractivity contribution is 6.05. The number of rotatable bonds is 3. The lowest BCUT2D eigenvalue weighted by molar-refractivity contribution is -0.149. The minimum Gasteiger partial charge on any atom is -0.460 e. The average Bonchev–Trinajstić information content (AvgIpc) is 3.15. The molecule has 1 aromatic carbocycles. The van der Waals surface area contributed by atoms with Crippen molar-refractivity contribution >= 4 is 28.5 Å².